The van der Waals surface area contributed by atoms with Crippen LogP contribution in [0.3, 0.4) is 0 Å². The molecule has 50 valence electrons. The Balaban J connectivity index is 3.20. The van der Waals surface area contributed by atoms with Gasteiger partial charge < -0.3 is 0 Å². The van der Waals surface area contributed by atoms with Crippen LogP contribution in [0.5, 0.6) is 0 Å². The van der Waals surface area contributed by atoms with Gasteiger partial charge in [-0.15, -0.1) is 0 Å². The van der Waals surface area contributed by atoms with Gasteiger partial charge in [-0.1, -0.05) is 0 Å². The van der Waals surface area contributed by atoms with E-state index in [1.807, 2.05) is 0 Å². The van der Waals surface area contributed by atoms with Crippen molar-refractivity contribution in [1.82, 2.24) is 0 Å². The summed E-state index contributed by atoms with van der Waals surface area (Å²) < 4.78 is 13.8. The Labute approximate surface area is 55.9 Å². The van der Waals surface area contributed by atoms with Crippen molar-refractivity contribution in [3.8, 4) is 6.33 Å². The molecule has 0 aliphatic carbocycles. The molecule has 2 heteroatoms. The molecule has 0 heterocycles. The quantitative estimate of drug-likeness (QED) is 0.317. The number of hydrogen-bond acceptors (Lipinski definition) is 1. The molecule has 0 radical (unpaired) electrons. The molecule has 0 aliphatic heterocycles. The third kappa shape index (κ3) is 7.41. The molecule has 0 aromatic heterocycles. The molecule has 0 fully saturated rings. The van der Waals surface area contributed by atoms with Crippen LogP contribution >= 0.6 is 0 Å². The Morgan fingerprint density at radius 1 is 1.67 bits per heavy atom. The first-order valence-corrected chi connectivity index (χ1v) is 2.61. The third-order valence-electron chi connectivity index (χ3n) is 0.793. The van der Waals surface area contributed by atoms with Crippen LogP contribution in [0.15, 0.2) is 0 Å². The second kappa shape index (κ2) is 3.44. The zero-order valence-electron chi connectivity index (χ0n) is 5.35. The Morgan fingerprint density at radius 3 is 2.56 bits per heavy atom. The van der Waals surface area contributed by atoms with Crippen LogP contribution in [-0.2, 0) is 9.39 Å². The summed E-state index contributed by atoms with van der Waals surface area (Å²) in [5.74, 6) is 0. The van der Waals surface area contributed by atoms with Gasteiger partial charge in [0.15, 0.2) is 0 Å². The first-order valence-electron chi connectivity index (χ1n) is 2.61. The first kappa shape index (κ1) is 8.41. The molecule has 0 spiro atoms. The first-order chi connectivity index (χ1) is 4.06. The number of hydrogen-bond donors (Lipinski definition) is 0. The molecule has 2 nitrogen and oxygen atoms in total. The SMILES string of the molecule is [CH2+]C([CH2-])([CH2-])CCOC#[O+]. The summed E-state index contributed by atoms with van der Waals surface area (Å²) >= 11 is 0. The summed E-state index contributed by atoms with van der Waals surface area (Å²) in [5.41, 5.74) is -0.503. The van der Waals surface area contributed by atoms with Crippen molar-refractivity contribution in [3.05, 3.63) is 20.8 Å². The average molecular weight is 126 g/mol. The Morgan fingerprint density at radius 2 is 2.22 bits per heavy atom. The second-order valence-electron chi connectivity index (χ2n) is 2.18. The second-order valence-corrected chi connectivity index (χ2v) is 2.18. The third-order valence-corrected chi connectivity index (χ3v) is 0.793. The van der Waals surface area contributed by atoms with Gasteiger partial charge in [0.25, 0.3) is 0 Å². The minimum absolute atomic E-state index is 0.292. The summed E-state index contributed by atoms with van der Waals surface area (Å²) in [4.78, 5) is 0. The van der Waals surface area contributed by atoms with Crippen molar-refractivity contribution in [1.29, 1.82) is 0 Å². The van der Waals surface area contributed by atoms with Gasteiger partial charge in [-0.3, -0.25) is 0 Å². The van der Waals surface area contributed by atoms with E-state index in [0.29, 0.717) is 13.0 Å². The Bertz CT molecular complexity index is 105. The monoisotopic (exact) mass is 126 g/mol. The summed E-state index contributed by atoms with van der Waals surface area (Å²) in [6.07, 6.45) is 1.86. The Hall–Kier alpha value is -0.590. The molecule has 0 aromatic carbocycles. The standard InChI is InChI=1S/C7H10O2/c1-7(2,3)4-5-9-6-8/h1-5H2. The molecule has 0 aromatic rings. The van der Waals surface area contributed by atoms with Crippen molar-refractivity contribution in [3.63, 3.8) is 0 Å². The predicted octanol–water partition coefficient (Wildman–Crippen LogP) is 1.23. The molecular formula is C7H10O2. The van der Waals surface area contributed by atoms with E-state index in [9.17, 15) is 4.65 Å². The van der Waals surface area contributed by atoms with E-state index in [4.69, 9.17) is 0 Å². The van der Waals surface area contributed by atoms with Crippen LogP contribution in [0.2, 0.25) is 0 Å². The zero-order valence-corrected chi connectivity index (χ0v) is 5.35. The minimum atomic E-state index is -0.503. The average Bonchev–Trinajstić information content (AvgIpc) is 1.63. The van der Waals surface area contributed by atoms with Crippen LogP contribution < -0.4 is 0 Å². The van der Waals surface area contributed by atoms with Gasteiger partial charge in [0.05, 0.1) is 0 Å². The van der Waals surface area contributed by atoms with Crippen LogP contribution in [0.4, 0.5) is 0 Å². The molecule has 0 N–H and O–H groups in total. The van der Waals surface area contributed by atoms with Gasteiger partial charge in [0.2, 0.25) is 0 Å². The molecule has 0 amide bonds. The molecule has 0 saturated heterocycles. The van der Waals surface area contributed by atoms with E-state index >= 15 is 0 Å². The van der Waals surface area contributed by atoms with E-state index < -0.39 is 5.41 Å². The van der Waals surface area contributed by atoms with Crippen molar-refractivity contribution in [2.24, 2.45) is 5.41 Å². The summed E-state index contributed by atoms with van der Waals surface area (Å²) in [7, 11) is 0. The number of ether oxygens (including phenoxy) is 1. The molecule has 9 heavy (non-hydrogen) atoms. The molecule has 0 aliphatic rings. The van der Waals surface area contributed by atoms with Gasteiger partial charge >= 0.3 is 54.9 Å². The van der Waals surface area contributed by atoms with Gasteiger partial charge in [0.1, 0.15) is 0 Å². The zero-order chi connectivity index (χ0) is 7.33. The summed E-state index contributed by atoms with van der Waals surface area (Å²) in [5, 5.41) is 0. The van der Waals surface area contributed by atoms with E-state index in [0.717, 1.165) is 0 Å². The van der Waals surface area contributed by atoms with E-state index in [-0.39, 0.29) is 0 Å². The van der Waals surface area contributed by atoms with E-state index in [1.165, 1.54) is 6.33 Å². The summed E-state index contributed by atoms with van der Waals surface area (Å²) in [6.45, 7) is 11.1. The van der Waals surface area contributed by atoms with E-state index in [2.05, 4.69) is 25.5 Å². The topological polar surface area (TPSA) is 29.1 Å². The fourth-order valence-electron chi connectivity index (χ4n) is 0.309. The normalized spacial score (nSPS) is 10.3. The maximum atomic E-state index is 9.48. The molecule has 0 unspecified atom stereocenters. The van der Waals surface area contributed by atoms with Gasteiger partial charge in [-0.2, -0.15) is 0 Å². The molecule has 0 atom stereocenters. The maximum absolute atomic E-state index is 9.48. The molecule has 0 saturated carbocycles. The fourth-order valence-corrected chi connectivity index (χ4v) is 0.309. The Kier molecular flexibility index (Phi) is 3.21. The number of rotatable bonds is 3. The fraction of sp³-hybridized carbons (Fsp3) is 0.429. The molecule has 0 rings (SSSR count). The molecular weight excluding hydrogens is 116 g/mol. The van der Waals surface area contributed by atoms with Crippen molar-refractivity contribution < 1.29 is 9.39 Å². The van der Waals surface area contributed by atoms with E-state index in [1.54, 1.807) is 0 Å². The predicted molar refractivity (Wildman–Crippen MR) is 33.6 cm³/mol. The van der Waals surface area contributed by atoms with Gasteiger partial charge in [0, 0.05) is 0 Å². The van der Waals surface area contributed by atoms with Gasteiger partial charge in [-0.05, 0) is 0 Å². The van der Waals surface area contributed by atoms with Crippen molar-refractivity contribution >= 4 is 0 Å². The van der Waals surface area contributed by atoms with Crippen molar-refractivity contribution in [2.45, 2.75) is 6.42 Å². The summed E-state index contributed by atoms with van der Waals surface area (Å²) in [6, 6.07) is 0. The van der Waals surface area contributed by atoms with Gasteiger partial charge in [-0.25, -0.2) is 0 Å². The van der Waals surface area contributed by atoms with Crippen LogP contribution in [0.25, 0.3) is 0 Å². The van der Waals surface area contributed by atoms with Crippen LogP contribution in [-0.4, -0.2) is 6.61 Å². The molecule has 0 bridgehead atoms. The van der Waals surface area contributed by atoms with Crippen LogP contribution in [0.1, 0.15) is 6.42 Å². The van der Waals surface area contributed by atoms with Crippen LogP contribution in [0, 0.1) is 32.5 Å². The van der Waals surface area contributed by atoms with Crippen molar-refractivity contribution in [2.75, 3.05) is 6.61 Å².